The third kappa shape index (κ3) is 5.03. The number of hydrogen-bond acceptors (Lipinski definition) is 5. The lowest BCUT2D eigenvalue weighted by Crippen LogP contribution is -2.05. The Labute approximate surface area is 110 Å². The van der Waals surface area contributed by atoms with Crippen LogP contribution in [-0.2, 0) is 14.4 Å². The van der Waals surface area contributed by atoms with Crippen LogP contribution in [-0.4, -0.2) is 18.3 Å². The van der Waals surface area contributed by atoms with Crippen molar-refractivity contribution in [3.8, 4) is 11.5 Å². The highest BCUT2D eigenvalue weighted by Gasteiger charge is 2.07. The number of hydrogen-bond donors (Lipinski definition) is 1. The molecule has 0 aliphatic carbocycles. The maximum Gasteiger partial charge on any atom is 0.308 e. The summed E-state index contributed by atoms with van der Waals surface area (Å²) in [6.07, 6.45) is 3.38. The molecular weight excluding hydrogens is 250 g/mol. The number of carbonyl (C=O) groups excluding carboxylic acids is 3. The molecule has 0 atom stereocenters. The summed E-state index contributed by atoms with van der Waals surface area (Å²) in [5, 5.41) is 2.33. The minimum Gasteiger partial charge on any atom is -0.427 e. The molecule has 1 N–H and O–H groups in total. The predicted octanol–water partition coefficient (Wildman–Crippen LogP) is 1.25. The molecule has 0 spiro atoms. The molecule has 0 aliphatic rings. The molecule has 0 saturated heterocycles. The standard InChI is InChI=1S/C13H13NO5/c1-9(16)18-12-3-4-13(19-10(2)17)11(7-12)5-6-14-8-15/h3-8H,1-2H3,(H,14,15). The van der Waals surface area contributed by atoms with Crippen LogP contribution in [0.3, 0.4) is 0 Å². The van der Waals surface area contributed by atoms with Crippen LogP contribution in [0.25, 0.3) is 6.08 Å². The number of esters is 2. The van der Waals surface area contributed by atoms with Gasteiger partial charge in [0.15, 0.2) is 0 Å². The van der Waals surface area contributed by atoms with Gasteiger partial charge in [-0.3, -0.25) is 14.4 Å². The van der Waals surface area contributed by atoms with Gasteiger partial charge in [0, 0.05) is 25.6 Å². The van der Waals surface area contributed by atoms with Gasteiger partial charge in [-0.15, -0.1) is 0 Å². The summed E-state index contributed by atoms with van der Waals surface area (Å²) in [4.78, 5) is 32.0. The largest absolute Gasteiger partial charge is 0.427 e. The van der Waals surface area contributed by atoms with Gasteiger partial charge in [-0.05, 0) is 24.3 Å². The minimum atomic E-state index is -0.474. The quantitative estimate of drug-likeness (QED) is 0.491. The Morgan fingerprint density at radius 2 is 1.84 bits per heavy atom. The van der Waals surface area contributed by atoms with Crippen molar-refractivity contribution >= 4 is 24.4 Å². The van der Waals surface area contributed by atoms with Crippen LogP contribution in [0.15, 0.2) is 24.4 Å². The van der Waals surface area contributed by atoms with Crippen LogP contribution in [0.4, 0.5) is 0 Å². The van der Waals surface area contributed by atoms with Gasteiger partial charge in [0.1, 0.15) is 11.5 Å². The summed E-state index contributed by atoms with van der Waals surface area (Å²) in [5.74, 6) is -0.319. The summed E-state index contributed by atoms with van der Waals surface area (Å²) in [7, 11) is 0. The molecule has 0 unspecified atom stereocenters. The Balaban J connectivity index is 3.05. The van der Waals surface area contributed by atoms with E-state index in [2.05, 4.69) is 5.32 Å². The first-order valence-electron chi connectivity index (χ1n) is 5.40. The first kappa shape index (κ1) is 14.4. The zero-order chi connectivity index (χ0) is 14.3. The Morgan fingerprint density at radius 3 is 2.42 bits per heavy atom. The SMILES string of the molecule is CC(=O)Oc1ccc(OC(C)=O)c(C=CNC=O)c1. The summed E-state index contributed by atoms with van der Waals surface area (Å²) in [6, 6.07) is 4.52. The fourth-order valence-electron chi connectivity index (χ4n) is 1.31. The van der Waals surface area contributed by atoms with Crippen LogP contribution in [0.1, 0.15) is 19.4 Å². The van der Waals surface area contributed by atoms with E-state index < -0.39 is 11.9 Å². The highest BCUT2D eigenvalue weighted by atomic mass is 16.5. The van der Waals surface area contributed by atoms with Crippen molar-refractivity contribution in [2.24, 2.45) is 0 Å². The molecule has 1 amide bonds. The molecule has 0 bridgehead atoms. The lowest BCUT2D eigenvalue weighted by Gasteiger charge is -2.08. The van der Waals surface area contributed by atoms with Gasteiger partial charge >= 0.3 is 11.9 Å². The van der Waals surface area contributed by atoms with Crippen molar-refractivity contribution in [1.29, 1.82) is 0 Å². The van der Waals surface area contributed by atoms with Crippen molar-refractivity contribution in [1.82, 2.24) is 5.32 Å². The smallest absolute Gasteiger partial charge is 0.308 e. The average Bonchev–Trinajstić information content (AvgIpc) is 2.31. The van der Waals surface area contributed by atoms with E-state index in [4.69, 9.17) is 9.47 Å². The maximum atomic E-state index is 11.0. The van der Waals surface area contributed by atoms with E-state index in [0.717, 1.165) is 0 Å². The van der Waals surface area contributed by atoms with Crippen LogP contribution in [0, 0.1) is 0 Å². The second-order valence-corrected chi connectivity index (χ2v) is 3.50. The fraction of sp³-hybridized carbons (Fsp3) is 0.154. The van der Waals surface area contributed by atoms with Gasteiger partial charge < -0.3 is 14.8 Å². The summed E-state index contributed by atoms with van der Waals surface area (Å²) < 4.78 is 9.91. The molecular formula is C13H13NO5. The molecule has 0 fully saturated rings. The van der Waals surface area contributed by atoms with Crippen LogP contribution in [0.5, 0.6) is 11.5 Å². The Kier molecular flexibility index (Phi) is 5.28. The fourth-order valence-corrected chi connectivity index (χ4v) is 1.31. The van der Waals surface area contributed by atoms with Gasteiger partial charge in [0.25, 0.3) is 0 Å². The van der Waals surface area contributed by atoms with E-state index >= 15 is 0 Å². The van der Waals surface area contributed by atoms with Crippen molar-refractivity contribution in [3.63, 3.8) is 0 Å². The molecule has 6 heteroatoms. The van der Waals surface area contributed by atoms with Gasteiger partial charge in [-0.1, -0.05) is 0 Å². The molecule has 0 heterocycles. The van der Waals surface area contributed by atoms with E-state index in [9.17, 15) is 14.4 Å². The molecule has 1 rings (SSSR count). The Morgan fingerprint density at radius 1 is 1.16 bits per heavy atom. The number of benzene rings is 1. The van der Waals surface area contributed by atoms with E-state index in [1.165, 1.54) is 44.3 Å². The normalized spacial score (nSPS) is 10.0. The first-order valence-corrected chi connectivity index (χ1v) is 5.40. The zero-order valence-corrected chi connectivity index (χ0v) is 10.5. The molecule has 1 aromatic carbocycles. The molecule has 0 aromatic heterocycles. The Bertz CT molecular complexity index is 522. The highest BCUT2D eigenvalue weighted by Crippen LogP contribution is 2.25. The molecule has 0 aliphatic heterocycles. The topological polar surface area (TPSA) is 81.7 Å². The summed E-state index contributed by atoms with van der Waals surface area (Å²) in [6.45, 7) is 2.56. The van der Waals surface area contributed by atoms with Crippen molar-refractivity contribution in [2.75, 3.05) is 0 Å². The van der Waals surface area contributed by atoms with E-state index in [-0.39, 0.29) is 0 Å². The number of ether oxygens (including phenoxy) is 2. The summed E-state index contributed by atoms with van der Waals surface area (Å²) >= 11 is 0. The van der Waals surface area contributed by atoms with E-state index in [1.54, 1.807) is 0 Å². The molecule has 19 heavy (non-hydrogen) atoms. The molecule has 1 aromatic rings. The van der Waals surface area contributed by atoms with Gasteiger partial charge in [-0.25, -0.2) is 0 Å². The third-order valence-electron chi connectivity index (χ3n) is 1.92. The first-order chi connectivity index (χ1) is 9.02. The second kappa shape index (κ2) is 6.95. The van der Waals surface area contributed by atoms with Crippen LogP contribution >= 0.6 is 0 Å². The lowest BCUT2D eigenvalue weighted by molar-refractivity contribution is -0.133. The van der Waals surface area contributed by atoms with Crippen LogP contribution in [0.2, 0.25) is 0 Å². The van der Waals surface area contributed by atoms with Crippen molar-refractivity contribution in [2.45, 2.75) is 13.8 Å². The Hall–Kier alpha value is -2.63. The molecule has 6 nitrogen and oxygen atoms in total. The van der Waals surface area contributed by atoms with E-state index in [0.29, 0.717) is 23.5 Å². The monoisotopic (exact) mass is 263 g/mol. The van der Waals surface area contributed by atoms with Gasteiger partial charge in [-0.2, -0.15) is 0 Å². The maximum absolute atomic E-state index is 11.0. The zero-order valence-electron chi connectivity index (χ0n) is 10.5. The van der Waals surface area contributed by atoms with Crippen molar-refractivity contribution < 1.29 is 23.9 Å². The average molecular weight is 263 g/mol. The van der Waals surface area contributed by atoms with Gasteiger partial charge in [0.05, 0.1) is 0 Å². The molecule has 0 radical (unpaired) electrons. The highest BCUT2D eigenvalue weighted by molar-refractivity contribution is 5.73. The number of nitrogens with one attached hydrogen (secondary N) is 1. The summed E-state index contributed by atoms with van der Waals surface area (Å²) in [5.41, 5.74) is 0.489. The van der Waals surface area contributed by atoms with Gasteiger partial charge in [0.2, 0.25) is 6.41 Å². The number of rotatable bonds is 5. The van der Waals surface area contributed by atoms with E-state index in [1.807, 2.05) is 0 Å². The van der Waals surface area contributed by atoms with Crippen molar-refractivity contribution in [3.05, 3.63) is 30.0 Å². The van der Waals surface area contributed by atoms with Crippen LogP contribution < -0.4 is 14.8 Å². The predicted molar refractivity (Wildman–Crippen MR) is 67.3 cm³/mol. The molecule has 0 saturated carbocycles. The number of carbonyl (C=O) groups is 3. The lowest BCUT2D eigenvalue weighted by atomic mass is 10.2. The second-order valence-electron chi connectivity index (χ2n) is 3.50. The molecule has 100 valence electrons. The number of amides is 1. The minimum absolute atomic E-state index is 0.298. The third-order valence-corrected chi connectivity index (χ3v) is 1.92.